The molecule has 0 aromatic heterocycles. The predicted molar refractivity (Wildman–Crippen MR) is 82.3 cm³/mol. The van der Waals surface area contributed by atoms with Crippen LogP contribution in [0.4, 0.5) is 0 Å². The number of hydrogen-bond acceptors (Lipinski definition) is 2. The Kier molecular flexibility index (Phi) is 5.00. The SMILES string of the molecule is CNCC(C(C)C)C(N)c1ccc2c(c1)CCCC2. The molecule has 0 fully saturated rings. The second-order valence-electron chi connectivity index (χ2n) is 6.23. The maximum Gasteiger partial charge on any atom is 0.0338 e. The highest BCUT2D eigenvalue weighted by Crippen LogP contribution is 2.29. The molecule has 2 unspecified atom stereocenters. The third-order valence-electron chi connectivity index (χ3n) is 4.51. The lowest BCUT2D eigenvalue weighted by atomic mass is 9.82. The van der Waals surface area contributed by atoms with Gasteiger partial charge in [0.15, 0.2) is 0 Å². The van der Waals surface area contributed by atoms with Crippen LogP contribution in [0.25, 0.3) is 0 Å². The van der Waals surface area contributed by atoms with Gasteiger partial charge in [-0.3, -0.25) is 0 Å². The number of rotatable bonds is 5. The topological polar surface area (TPSA) is 38.0 Å². The molecular formula is C17H28N2. The zero-order valence-corrected chi connectivity index (χ0v) is 12.6. The molecule has 0 saturated heterocycles. The van der Waals surface area contributed by atoms with Crippen LogP contribution in [0.15, 0.2) is 18.2 Å². The molecular weight excluding hydrogens is 232 g/mol. The average Bonchev–Trinajstić information content (AvgIpc) is 2.43. The first-order chi connectivity index (χ1) is 9.13. The van der Waals surface area contributed by atoms with Crippen molar-refractivity contribution in [1.29, 1.82) is 0 Å². The average molecular weight is 260 g/mol. The molecule has 2 nitrogen and oxygen atoms in total. The van der Waals surface area contributed by atoms with E-state index in [0.717, 1.165) is 6.54 Å². The van der Waals surface area contributed by atoms with Crippen molar-refractivity contribution in [3.05, 3.63) is 34.9 Å². The van der Waals surface area contributed by atoms with Crippen molar-refractivity contribution in [3.63, 3.8) is 0 Å². The lowest BCUT2D eigenvalue weighted by molar-refractivity contribution is 0.314. The summed E-state index contributed by atoms with van der Waals surface area (Å²) in [5.41, 5.74) is 10.9. The fourth-order valence-corrected chi connectivity index (χ4v) is 3.22. The standard InChI is InChI=1S/C17H28N2/c1-12(2)16(11-19-3)17(18)15-9-8-13-6-4-5-7-14(13)10-15/h8-10,12,16-17,19H,4-7,11,18H2,1-3H3. The molecule has 2 rings (SSSR count). The van der Waals surface area contributed by atoms with Crippen LogP contribution >= 0.6 is 0 Å². The van der Waals surface area contributed by atoms with E-state index in [4.69, 9.17) is 5.73 Å². The first-order valence-corrected chi connectivity index (χ1v) is 7.65. The zero-order chi connectivity index (χ0) is 13.8. The number of nitrogens with two attached hydrogens (primary N) is 1. The largest absolute Gasteiger partial charge is 0.324 e. The third kappa shape index (κ3) is 3.37. The van der Waals surface area contributed by atoms with Crippen LogP contribution in [0, 0.1) is 11.8 Å². The smallest absolute Gasteiger partial charge is 0.0338 e. The van der Waals surface area contributed by atoms with Gasteiger partial charge in [-0.15, -0.1) is 0 Å². The Morgan fingerprint density at radius 1 is 1.16 bits per heavy atom. The van der Waals surface area contributed by atoms with Crippen molar-refractivity contribution < 1.29 is 0 Å². The van der Waals surface area contributed by atoms with E-state index < -0.39 is 0 Å². The Labute approximate surface area is 117 Å². The van der Waals surface area contributed by atoms with E-state index >= 15 is 0 Å². The summed E-state index contributed by atoms with van der Waals surface area (Å²) >= 11 is 0. The molecule has 1 aliphatic rings. The maximum atomic E-state index is 6.52. The number of hydrogen-bond donors (Lipinski definition) is 2. The molecule has 0 heterocycles. The summed E-state index contributed by atoms with van der Waals surface area (Å²) in [6.07, 6.45) is 5.14. The molecule has 0 saturated carbocycles. The summed E-state index contributed by atoms with van der Waals surface area (Å²) in [6.45, 7) is 5.51. The minimum atomic E-state index is 0.139. The molecule has 19 heavy (non-hydrogen) atoms. The van der Waals surface area contributed by atoms with Gasteiger partial charge >= 0.3 is 0 Å². The fourth-order valence-electron chi connectivity index (χ4n) is 3.22. The summed E-state index contributed by atoms with van der Waals surface area (Å²) in [5, 5.41) is 3.28. The Hall–Kier alpha value is -0.860. The van der Waals surface area contributed by atoms with Crippen molar-refractivity contribution >= 4 is 0 Å². The highest BCUT2D eigenvalue weighted by Gasteiger charge is 2.23. The number of nitrogens with one attached hydrogen (secondary N) is 1. The van der Waals surface area contributed by atoms with Crippen LogP contribution in [-0.2, 0) is 12.8 Å². The normalized spacial score (nSPS) is 18.2. The van der Waals surface area contributed by atoms with Gasteiger partial charge in [0.05, 0.1) is 0 Å². The molecule has 2 atom stereocenters. The Morgan fingerprint density at radius 3 is 2.47 bits per heavy atom. The number of fused-ring (bicyclic) bond motifs is 1. The second kappa shape index (κ2) is 6.53. The fraction of sp³-hybridized carbons (Fsp3) is 0.647. The summed E-state index contributed by atoms with van der Waals surface area (Å²) in [5.74, 6) is 1.09. The van der Waals surface area contributed by atoms with Crippen LogP contribution in [-0.4, -0.2) is 13.6 Å². The highest BCUT2D eigenvalue weighted by atomic mass is 14.8. The summed E-state index contributed by atoms with van der Waals surface area (Å²) in [6, 6.07) is 7.06. The van der Waals surface area contributed by atoms with Crippen molar-refractivity contribution in [2.45, 2.75) is 45.6 Å². The van der Waals surface area contributed by atoms with E-state index in [1.807, 2.05) is 7.05 Å². The van der Waals surface area contributed by atoms with Gasteiger partial charge in [0.25, 0.3) is 0 Å². The van der Waals surface area contributed by atoms with E-state index in [0.29, 0.717) is 11.8 Å². The van der Waals surface area contributed by atoms with Crippen LogP contribution in [0.3, 0.4) is 0 Å². The summed E-state index contributed by atoms with van der Waals surface area (Å²) < 4.78 is 0. The first kappa shape index (κ1) is 14.5. The van der Waals surface area contributed by atoms with E-state index in [1.165, 1.54) is 42.4 Å². The van der Waals surface area contributed by atoms with Crippen LogP contribution in [0.5, 0.6) is 0 Å². The number of aryl methyl sites for hydroxylation is 2. The molecule has 3 N–H and O–H groups in total. The predicted octanol–water partition coefficient (Wildman–Crippen LogP) is 3.06. The highest BCUT2D eigenvalue weighted by molar-refractivity contribution is 5.35. The maximum absolute atomic E-state index is 6.52. The second-order valence-corrected chi connectivity index (χ2v) is 6.23. The molecule has 0 spiro atoms. The quantitative estimate of drug-likeness (QED) is 0.854. The molecule has 1 aromatic carbocycles. The minimum absolute atomic E-state index is 0.139. The van der Waals surface area contributed by atoms with E-state index in [-0.39, 0.29) is 6.04 Å². The van der Waals surface area contributed by atoms with Crippen molar-refractivity contribution in [3.8, 4) is 0 Å². The lowest BCUT2D eigenvalue weighted by Gasteiger charge is -2.28. The van der Waals surface area contributed by atoms with Crippen molar-refractivity contribution in [2.24, 2.45) is 17.6 Å². The van der Waals surface area contributed by atoms with Gasteiger partial charge in [0.1, 0.15) is 0 Å². The van der Waals surface area contributed by atoms with Crippen LogP contribution in [0.2, 0.25) is 0 Å². The molecule has 1 aromatic rings. The van der Waals surface area contributed by atoms with Gasteiger partial charge in [0.2, 0.25) is 0 Å². The number of benzene rings is 1. The first-order valence-electron chi connectivity index (χ1n) is 7.65. The lowest BCUT2D eigenvalue weighted by Crippen LogP contribution is -2.33. The molecule has 0 radical (unpaired) electrons. The van der Waals surface area contributed by atoms with Crippen LogP contribution in [0.1, 0.15) is 49.4 Å². The summed E-state index contributed by atoms with van der Waals surface area (Å²) in [4.78, 5) is 0. The monoisotopic (exact) mass is 260 g/mol. The van der Waals surface area contributed by atoms with Gasteiger partial charge in [-0.1, -0.05) is 32.0 Å². The molecule has 0 aliphatic heterocycles. The van der Waals surface area contributed by atoms with Gasteiger partial charge in [-0.05, 0) is 67.8 Å². The van der Waals surface area contributed by atoms with Gasteiger partial charge in [-0.2, -0.15) is 0 Å². The Bertz CT molecular complexity index is 412. The van der Waals surface area contributed by atoms with E-state index in [9.17, 15) is 0 Å². The van der Waals surface area contributed by atoms with Gasteiger partial charge < -0.3 is 11.1 Å². The Morgan fingerprint density at radius 2 is 1.84 bits per heavy atom. The van der Waals surface area contributed by atoms with E-state index in [2.05, 4.69) is 37.4 Å². The van der Waals surface area contributed by atoms with Crippen molar-refractivity contribution in [2.75, 3.05) is 13.6 Å². The minimum Gasteiger partial charge on any atom is -0.324 e. The van der Waals surface area contributed by atoms with E-state index in [1.54, 1.807) is 0 Å². The zero-order valence-electron chi connectivity index (χ0n) is 12.6. The molecule has 0 bridgehead atoms. The summed E-state index contributed by atoms with van der Waals surface area (Å²) in [7, 11) is 2.01. The van der Waals surface area contributed by atoms with Crippen molar-refractivity contribution in [1.82, 2.24) is 5.32 Å². The molecule has 106 valence electrons. The van der Waals surface area contributed by atoms with Crippen LogP contribution < -0.4 is 11.1 Å². The third-order valence-corrected chi connectivity index (χ3v) is 4.51. The van der Waals surface area contributed by atoms with Gasteiger partial charge in [0, 0.05) is 6.04 Å². The van der Waals surface area contributed by atoms with Gasteiger partial charge in [-0.25, -0.2) is 0 Å². The molecule has 2 heteroatoms. The Balaban J connectivity index is 2.20. The molecule has 0 amide bonds. The molecule has 1 aliphatic carbocycles.